The molecule has 8 nitrogen and oxygen atoms in total. The lowest BCUT2D eigenvalue weighted by Crippen LogP contribution is -2.40. The third kappa shape index (κ3) is 4.65. The van der Waals surface area contributed by atoms with Gasteiger partial charge < -0.3 is 18.3 Å². The van der Waals surface area contributed by atoms with Gasteiger partial charge in [-0.1, -0.05) is 37.5 Å². The van der Waals surface area contributed by atoms with Crippen LogP contribution in [0.25, 0.3) is 22.3 Å². The summed E-state index contributed by atoms with van der Waals surface area (Å²) in [4.78, 5) is 22.0. The number of fused-ring (bicyclic) bond motifs is 1. The SMILES string of the molecule is CCOC(=O)c1c(-c2c(CO[Si](C)(C)C(C)(C)C)n(C(C)C)c3ncnc(Cl)c23)noc1C1CC1. The lowest BCUT2D eigenvalue weighted by molar-refractivity contribution is 0.0524. The highest BCUT2D eigenvalue weighted by atomic mass is 35.5. The van der Waals surface area contributed by atoms with Crippen LogP contribution in [-0.4, -0.2) is 40.6 Å². The van der Waals surface area contributed by atoms with Gasteiger partial charge in [-0.3, -0.25) is 0 Å². The Balaban J connectivity index is 2.00. The van der Waals surface area contributed by atoms with Crippen molar-refractivity contribution < 1.29 is 18.5 Å². The molecule has 3 heterocycles. The monoisotopic (exact) mass is 518 g/mol. The molecule has 0 atom stereocenters. The molecule has 1 saturated carbocycles. The number of carbonyl (C=O) groups is 1. The first-order valence-electron chi connectivity index (χ1n) is 12.2. The van der Waals surface area contributed by atoms with Crippen molar-refractivity contribution in [1.82, 2.24) is 19.7 Å². The smallest absolute Gasteiger partial charge is 0.344 e. The maximum Gasteiger partial charge on any atom is 0.344 e. The Morgan fingerprint density at radius 2 is 1.97 bits per heavy atom. The van der Waals surface area contributed by atoms with E-state index in [9.17, 15) is 4.79 Å². The summed E-state index contributed by atoms with van der Waals surface area (Å²) < 4.78 is 20.0. The molecule has 1 fully saturated rings. The van der Waals surface area contributed by atoms with Crippen LogP contribution in [0.2, 0.25) is 23.3 Å². The van der Waals surface area contributed by atoms with Gasteiger partial charge in [0.1, 0.15) is 28.4 Å². The molecule has 1 aliphatic rings. The predicted molar refractivity (Wildman–Crippen MR) is 138 cm³/mol. The van der Waals surface area contributed by atoms with Crippen molar-refractivity contribution in [3.8, 4) is 11.3 Å². The van der Waals surface area contributed by atoms with Crippen LogP contribution in [0.1, 0.15) is 88.2 Å². The van der Waals surface area contributed by atoms with Gasteiger partial charge in [0.05, 0.1) is 24.3 Å². The van der Waals surface area contributed by atoms with E-state index in [4.69, 9.17) is 25.3 Å². The molecular weight excluding hydrogens is 484 g/mol. The number of esters is 1. The molecule has 4 rings (SSSR count). The number of halogens is 1. The highest BCUT2D eigenvalue weighted by Crippen LogP contribution is 2.47. The van der Waals surface area contributed by atoms with E-state index in [1.165, 1.54) is 6.33 Å². The normalized spacial score (nSPS) is 14.8. The molecule has 1 aliphatic carbocycles. The van der Waals surface area contributed by atoms with E-state index in [1.807, 2.05) is 0 Å². The first-order valence-corrected chi connectivity index (χ1v) is 15.5. The van der Waals surface area contributed by atoms with Gasteiger partial charge in [0.15, 0.2) is 14.1 Å². The van der Waals surface area contributed by atoms with E-state index in [2.05, 4.69) is 67.4 Å². The largest absolute Gasteiger partial charge is 0.462 e. The average molecular weight is 519 g/mol. The third-order valence-corrected chi connectivity index (χ3v) is 11.9. The van der Waals surface area contributed by atoms with Gasteiger partial charge in [0.2, 0.25) is 0 Å². The van der Waals surface area contributed by atoms with Crippen LogP contribution >= 0.6 is 11.6 Å². The molecular formula is C25H35ClN4O4Si. The molecule has 0 amide bonds. The van der Waals surface area contributed by atoms with Crippen LogP contribution in [0, 0.1) is 0 Å². The topological polar surface area (TPSA) is 92.3 Å². The molecule has 0 N–H and O–H groups in total. The summed E-state index contributed by atoms with van der Waals surface area (Å²) >= 11 is 6.67. The summed E-state index contributed by atoms with van der Waals surface area (Å²) in [5.74, 6) is 0.307. The van der Waals surface area contributed by atoms with Gasteiger partial charge in [0, 0.05) is 17.5 Å². The second kappa shape index (κ2) is 9.33. The maximum atomic E-state index is 13.2. The number of carbonyl (C=O) groups excluding carboxylic acids is 1. The van der Waals surface area contributed by atoms with Gasteiger partial charge in [-0.15, -0.1) is 0 Å². The van der Waals surface area contributed by atoms with Crippen molar-refractivity contribution in [2.24, 2.45) is 0 Å². The minimum Gasteiger partial charge on any atom is -0.462 e. The summed E-state index contributed by atoms with van der Waals surface area (Å²) in [6.45, 7) is 17.6. The van der Waals surface area contributed by atoms with E-state index >= 15 is 0 Å². The molecule has 0 aromatic carbocycles. The number of rotatable bonds is 8. The molecule has 0 radical (unpaired) electrons. The maximum absolute atomic E-state index is 13.2. The fourth-order valence-electron chi connectivity index (χ4n) is 4.06. The summed E-state index contributed by atoms with van der Waals surface area (Å²) in [6.07, 6.45) is 3.37. The first kappa shape index (κ1) is 25.8. The van der Waals surface area contributed by atoms with Crippen molar-refractivity contribution in [3.05, 3.63) is 28.5 Å². The van der Waals surface area contributed by atoms with Gasteiger partial charge in [-0.05, 0) is 51.7 Å². The van der Waals surface area contributed by atoms with Gasteiger partial charge in [-0.2, -0.15) is 0 Å². The standard InChI is InChI=1S/C25H35ClN4O4Si/c1-9-32-24(31)19-20(29-34-21(19)15-10-11-15)17-16(12-33-35(7,8)25(4,5)6)30(14(2)3)23-18(17)22(26)27-13-28-23/h13-15H,9-12H2,1-8H3. The fraction of sp³-hybridized carbons (Fsp3) is 0.600. The molecule has 10 heteroatoms. The highest BCUT2D eigenvalue weighted by molar-refractivity contribution is 6.74. The predicted octanol–water partition coefficient (Wildman–Crippen LogP) is 6.90. The summed E-state index contributed by atoms with van der Waals surface area (Å²) in [6, 6.07) is 0.0519. The Hall–Kier alpha value is -2.23. The van der Waals surface area contributed by atoms with Gasteiger partial charge in [-0.25, -0.2) is 14.8 Å². The van der Waals surface area contributed by atoms with Crippen LogP contribution in [0.3, 0.4) is 0 Å². The molecule has 0 aliphatic heterocycles. The molecule has 190 valence electrons. The number of hydrogen-bond acceptors (Lipinski definition) is 7. The van der Waals surface area contributed by atoms with E-state index < -0.39 is 14.3 Å². The molecule has 0 saturated heterocycles. The zero-order chi connectivity index (χ0) is 25.7. The molecule has 3 aromatic heterocycles. The van der Waals surface area contributed by atoms with Gasteiger partial charge in [0.25, 0.3) is 0 Å². The van der Waals surface area contributed by atoms with E-state index in [-0.39, 0.29) is 23.6 Å². The van der Waals surface area contributed by atoms with Crippen molar-refractivity contribution in [2.45, 2.75) is 91.1 Å². The average Bonchev–Trinajstić information content (AvgIpc) is 3.41. The number of nitrogens with zero attached hydrogens (tertiary/aromatic N) is 4. The van der Waals surface area contributed by atoms with E-state index in [0.29, 0.717) is 45.4 Å². The van der Waals surface area contributed by atoms with Crippen molar-refractivity contribution in [1.29, 1.82) is 0 Å². The summed E-state index contributed by atoms with van der Waals surface area (Å²) in [5, 5.41) is 5.38. The minimum absolute atomic E-state index is 0.0302. The second-order valence-corrected chi connectivity index (χ2v) is 16.1. The zero-order valence-corrected chi connectivity index (χ0v) is 23.6. The van der Waals surface area contributed by atoms with Crippen molar-refractivity contribution in [2.75, 3.05) is 6.61 Å². The van der Waals surface area contributed by atoms with Crippen LogP contribution in [-0.2, 0) is 15.8 Å². The first-order chi connectivity index (χ1) is 16.4. The fourth-order valence-corrected chi connectivity index (χ4v) is 5.22. The molecule has 0 unspecified atom stereocenters. The third-order valence-electron chi connectivity index (χ3n) is 7.11. The highest BCUT2D eigenvalue weighted by Gasteiger charge is 2.40. The van der Waals surface area contributed by atoms with Crippen molar-refractivity contribution >= 4 is 36.9 Å². The van der Waals surface area contributed by atoms with Crippen LogP contribution in [0.5, 0.6) is 0 Å². The van der Waals surface area contributed by atoms with Crippen LogP contribution < -0.4 is 0 Å². The number of ether oxygens (including phenoxy) is 1. The van der Waals surface area contributed by atoms with Gasteiger partial charge >= 0.3 is 5.97 Å². The zero-order valence-electron chi connectivity index (χ0n) is 21.9. The summed E-state index contributed by atoms with van der Waals surface area (Å²) in [7, 11) is -2.10. The van der Waals surface area contributed by atoms with Crippen molar-refractivity contribution in [3.63, 3.8) is 0 Å². The minimum atomic E-state index is -2.10. The Bertz CT molecular complexity index is 1250. The molecule has 0 spiro atoms. The lowest BCUT2D eigenvalue weighted by Gasteiger charge is -2.36. The number of aromatic nitrogens is 4. The molecule has 0 bridgehead atoms. The Morgan fingerprint density at radius 1 is 1.29 bits per heavy atom. The van der Waals surface area contributed by atoms with Crippen LogP contribution in [0.4, 0.5) is 0 Å². The Labute approximate surface area is 212 Å². The Morgan fingerprint density at radius 3 is 2.54 bits per heavy atom. The molecule has 35 heavy (non-hydrogen) atoms. The van der Waals surface area contributed by atoms with E-state index in [1.54, 1.807) is 6.92 Å². The Kier molecular flexibility index (Phi) is 6.89. The number of hydrogen-bond donors (Lipinski definition) is 0. The lowest BCUT2D eigenvalue weighted by atomic mass is 10.0. The van der Waals surface area contributed by atoms with Crippen LogP contribution in [0.15, 0.2) is 10.9 Å². The molecule has 3 aromatic rings. The summed E-state index contributed by atoms with van der Waals surface area (Å²) in [5.41, 5.74) is 2.99. The van der Waals surface area contributed by atoms with E-state index in [0.717, 1.165) is 18.5 Å². The second-order valence-electron chi connectivity index (χ2n) is 11.0. The quantitative estimate of drug-likeness (QED) is 0.182.